The molecule has 0 aromatic heterocycles. The molecular weight excluding hydrogens is 122 g/mol. The van der Waals surface area contributed by atoms with E-state index in [9.17, 15) is 0 Å². The van der Waals surface area contributed by atoms with Gasteiger partial charge in [-0.3, -0.25) is 0 Å². The Labute approximate surface area is 63.2 Å². The molecule has 0 aromatic carbocycles. The summed E-state index contributed by atoms with van der Waals surface area (Å²) in [6.07, 6.45) is 8.85. The van der Waals surface area contributed by atoms with E-state index in [-0.39, 0.29) is 0 Å². The molecule has 1 heteroatoms. The molecule has 0 bridgehead atoms. The molecule has 2 fully saturated rings. The highest BCUT2D eigenvalue weighted by Crippen LogP contribution is 2.31. The first-order valence-electron chi connectivity index (χ1n) is 4.68. The van der Waals surface area contributed by atoms with Crippen molar-refractivity contribution in [3.63, 3.8) is 0 Å². The maximum atomic E-state index is 3.56. The zero-order valence-corrected chi connectivity index (χ0v) is 6.60. The van der Waals surface area contributed by atoms with Gasteiger partial charge in [-0.25, -0.2) is 0 Å². The lowest BCUT2D eigenvalue weighted by molar-refractivity contribution is 0.268. The monoisotopic (exact) mass is 139 g/mol. The number of hydrogen-bond acceptors (Lipinski definition) is 1. The molecule has 1 atom stereocenters. The Kier molecular flexibility index (Phi) is 1.94. The second-order valence-corrected chi connectivity index (χ2v) is 3.83. The summed E-state index contributed by atoms with van der Waals surface area (Å²) in [6.45, 7) is 1.28. The van der Waals surface area contributed by atoms with Crippen molar-refractivity contribution < 1.29 is 0 Å². The molecular formula is C9H17N. The van der Waals surface area contributed by atoms with Crippen LogP contribution in [0.25, 0.3) is 0 Å². The zero-order chi connectivity index (χ0) is 6.81. The Morgan fingerprint density at radius 1 is 1.10 bits per heavy atom. The van der Waals surface area contributed by atoms with Gasteiger partial charge in [0.15, 0.2) is 0 Å². The lowest BCUT2D eigenvalue weighted by atomic mass is 9.81. The van der Waals surface area contributed by atoms with Gasteiger partial charge >= 0.3 is 0 Å². The van der Waals surface area contributed by atoms with Crippen LogP contribution >= 0.6 is 0 Å². The Hall–Kier alpha value is -0.0400. The van der Waals surface area contributed by atoms with Gasteiger partial charge in [0.25, 0.3) is 0 Å². The van der Waals surface area contributed by atoms with E-state index in [1.54, 1.807) is 0 Å². The van der Waals surface area contributed by atoms with Crippen molar-refractivity contribution >= 4 is 0 Å². The van der Waals surface area contributed by atoms with Crippen LogP contribution in [0.5, 0.6) is 0 Å². The minimum absolute atomic E-state index is 0.894. The number of nitrogens with one attached hydrogen (secondary N) is 1. The molecule has 0 aromatic rings. The third-order valence-corrected chi connectivity index (χ3v) is 3.00. The first-order valence-corrected chi connectivity index (χ1v) is 4.68. The summed E-state index contributed by atoms with van der Waals surface area (Å²) < 4.78 is 0. The average Bonchev–Trinajstić information content (AvgIpc) is 2.29. The van der Waals surface area contributed by atoms with Crippen molar-refractivity contribution in [3.05, 3.63) is 0 Å². The topological polar surface area (TPSA) is 12.0 Å². The summed E-state index contributed by atoms with van der Waals surface area (Å²) in [5, 5.41) is 3.56. The molecule has 58 valence electrons. The molecule has 1 heterocycles. The number of rotatable bonds is 2. The van der Waals surface area contributed by atoms with Gasteiger partial charge in [0, 0.05) is 6.04 Å². The van der Waals surface area contributed by atoms with E-state index in [0.717, 1.165) is 12.0 Å². The maximum Gasteiger partial charge on any atom is 0.00701 e. The normalized spacial score (nSPS) is 34.2. The lowest BCUT2D eigenvalue weighted by Gasteiger charge is -2.27. The highest BCUT2D eigenvalue weighted by atomic mass is 14.9. The van der Waals surface area contributed by atoms with Crippen LogP contribution in [0.2, 0.25) is 0 Å². The quantitative estimate of drug-likeness (QED) is 0.616. The van der Waals surface area contributed by atoms with E-state index < -0.39 is 0 Å². The fraction of sp³-hybridized carbons (Fsp3) is 1.00. The van der Waals surface area contributed by atoms with Crippen LogP contribution in [0.4, 0.5) is 0 Å². The minimum Gasteiger partial charge on any atom is -0.314 e. The van der Waals surface area contributed by atoms with Crippen LogP contribution in [-0.2, 0) is 0 Å². The highest BCUT2D eigenvalue weighted by molar-refractivity contribution is 4.80. The van der Waals surface area contributed by atoms with E-state index in [4.69, 9.17) is 0 Å². The Balaban J connectivity index is 1.68. The van der Waals surface area contributed by atoms with E-state index >= 15 is 0 Å². The summed E-state index contributed by atoms with van der Waals surface area (Å²) in [5.74, 6) is 1.09. The molecule has 1 aliphatic carbocycles. The van der Waals surface area contributed by atoms with Gasteiger partial charge in [0.2, 0.25) is 0 Å². The largest absolute Gasteiger partial charge is 0.314 e. The van der Waals surface area contributed by atoms with Crippen molar-refractivity contribution in [3.8, 4) is 0 Å². The molecule has 1 N–H and O–H groups in total. The third kappa shape index (κ3) is 1.34. The van der Waals surface area contributed by atoms with Crippen LogP contribution in [0.3, 0.4) is 0 Å². The van der Waals surface area contributed by atoms with Crippen LogP contribution < -0.4 is 5.32 Å². The fourth-order valence-electron chi connectivity index (χ4n) is 2.09. The summed E-state index contributed by atoms with van der Waals surface area (Å²) >= 11 is 0. The minimum atomic E-state index is 0.894. The van der Waals surface area contributed by atoms with Crippen LogP contribution in [0.15, 0.2) is 0 Å². The molecule has 0 spiro atoms. The Bertz CT molecular complexity index is 101. The van der Waals surface area contributed by atoms with Crippen molar-refractivity contribution in [1.82, 2.24) is 5.32 Å². The van der Waals surface area contributed by atoms with Gasteiger partial charge in [-0.15, -0.1) is 0 Å². The molecule has 1 saturated carbocycles. The van der Waals surface area contributed by atoms with Gasteiger partial charge in [-0.1, -0.05) is 19.3 Å². The highest BCUT2D eigenvalue weighted by Gasteiger charge is 2.23. The molecule has 2 rings (SSSR count). The van der Waals surface area contributed by atoms with Crippen molar-refractivity contribution in [2.45, 2.75) is 44.6 Å². The number of hydrogen-bond donors (Lipinski definition) is 1. The SMILES string of the molecule is C1CC(C[C@@H]2CCCN2)C1. The zero-order valence-electron chi connectivity index (χ0n) is 6.60. The van der Waals surface area contributed by atoms with E-state index in [2.05, 4.69) is 5.32 Å². The van der Waals surface area contributed by atoms with Crippen molar-refractivity contribution in [2.75, 3.05) is 6.54 Å². The summed E-state index contributed by atoms with van der Waals surface area (Å²) in [5.41, 5.74) is 0. The van der Waals surface area contributed by atoms with E-state index in [0.29, 0.717) is 0 Å². The van der Waals surface area contributed by atoms with Crippen molar-refractivity contribution in [2.24, 2.45) is 5.92 Å². The molecule has 0 unspecified atom stereocenters. The molecule has 2 aliphatic rings. The Morgan fingerprint density at radius 3 is 2.50 bits per heavy atom. The standard InChI is InChI=1S/C9H17N/c1-3-8(4-1)7-9-5-2-6-10-9/h8-10H,1-7H2/t9-/m0/s1. The van der Waals surface area contributed by atoms with Crippen LogP contribution in [0, 0.1) is 5.92 Å². The third-order valence-electron chi connectivity index (χ3n) is 3.00. The molecule has 1 aliphatic heterocycles. The first-order chi connectivity index (χ1) is 4.95. The molecule has 0 radical (unpaired) electrons. The van der Waals surface area contributed by atoms with Gasteiger partial charge in [-0.05, 0) is 31.7 Å². The summed E-state index contributed by atoms with van der Waals surface area (Å²) in [4.78, 5) is 0. The van der Waals surface area contributed by atoms with E-state index in [1.165, 1.54) is 45.1 Å². The van der Waals surface area contributed by atoms with Crippen LogP contribution in [-0.4, -0.2) is 12.6 Å². The van der Waals surface area contributed by atoms with Crippen molar-refractivity contribution in [1.29, 1.82) is 0 Å². The summed E-state index contributed by atoms with van der Waals surface area (Å²) in [7, 11) is 0. The first kappa shape index (κ1) is 6.66. The van der Waals surface area contributed by atoms with Gasteiger partial charge in [-0.2, -0.15) is 0 Å². The second-order valence-electron chi connectivity index (χ2n) is 3.83. The molecule has 10 heavy (non-hydrogen) atoms. The van der Waals surface area contributed by atoms with E-state index in [1.807, 2.05) is 0 Å². The smallest absolute Gasteiger partial charge is 0.00701 e. The van der Waals surface area contributed by atoms with Gasteiger partial charge in [0.1, 0.15) is 0 Å². The van der Waals surface area contributed by atoms with Gasteiger partial charge in [0.05, 0.1) is 0 Å². The predicted octanol–water partition coefficient (Wildman–Crippen LogP) is 1.93. The molecule has 1 saturated heterocycles. The second kappa shape index (κ2) is 2.91. The molecule has 1 nitrogen and oxygen atoms in total. The predicted molar refractivity (Wildman–Crippen MR) is 43.0 cm³/mol. The average molecular weight is 139 g/mol. The Morgan fingerprint density at radius 2 is 2.00 bits per heavy atom. The van der Waals surface area contributed by atoms with Gasteiger partial charge < -0.3 is 5.32 Å². The maximum absolute atomic E-state index is 3.56. The lowest BCUT2D eigenvalue weighted by Crippen LogP contribution is -2.26. The van der Waals surface area contributed by atoms with Crippen LogP contribution in [0.1, 0.15) is 38.5 Å². The fourth-order valence-corrected chi connectivity index (χ4v) is 2.09. The molecule has 0 amide bonds. The summed E-state index contributed by atoms with van der Waals surface area (Å²) in [6, 6.07) is 0.894.